The number of aromatic nitrogens is 1. The van der Waals surface area contributed by atoms with Crippen LogP contribution >= 0.6 is 0 Å². The lowest BCUT2D eigenvalue weighted by atomic mass is 9.72. The molecule has 1 aromatic carbocycles. The molecule has 1 amide bonds. The van der Waals surface area contributed by atoms with Gasteiger partial charge in [0.15, 0.2) is 12.2 Å². The fourth-order valence-electron chi connectivity index (χ4n) is 6.37. The molecule has 1 saturated carbocycles. The number of rotatable bonds is 6. The number of aliphatic carboxylic acids is 2. The lowest BCUT2D eigenvalue weighted by molar-refractivity contribution is -0.165. The molecular weight excluding hydrogens is 506 g/mol. The number of likely N-dealkylation sites (N-methyl/N-ethyl adjacent to an activating group) is 1. The van der Waals surface area contributed by atoms with Crippen LogP contribution in [0.1, 0.15) is 62.6 Å². The van der Waals surface area contributed by atoms with Gasteiger partial charge in [-0.05, 0) is 70.2 Å². The third-order valence-corrected chi connectivity index (χ3v) is 8.41. The van der Waals surface area contributed by atoms with Crippen LogP contribution in [0, 0.1) is 5.92 Å². The maximum Gasteiger partial charge on any atom is 0.335 e. The van der Waals surface area contributed by atoms with E-state index in [2.05, 4.69) is 60.1 Å². The topological polar surface area (TPSA) is 173 Å². The fourth-order valence-corrected chi connectivity index (χ4v) is 6.37. The summed E-state index contributed by atoms with van der Waals surface area (Å²) in [5, 5.41) is 47.2. The summed E-state index contributed by atoms with van der Waals surface area (Å²) in [5.41, 5.74) is 4.20. The maximum atomic E-state index is 13.0. The molecule has 1 saturated heterocycles. The van der Waals surface area contributed by atoms with Crippen LogP contribution < -0.4 is 5.32 Å². The Morgan fingerprint density at radius 1 is 1.05 bits per heavy atom. The quantitative estimate of drug-likeness (QED) is 0.311. The lowest BCUT2D eigenvalue weighted by Gasteiger charge is -2.45. The summed E-state index contributed by atoms with van der Waals surface area (Å²) < 4.78 is 2.40. The Kier molecular flexibility index (Phi) is 8.65. The summed E-state index contributed by atoms with van der Waals surface area (Å²) in [6.45, 7) is 5.28. The lowest BCUT2D eigenvalue weighted by Crippen LogP contribution is -2.53. The summed E-state index contributed by atoms with van der Waals surface area (Å²) in [4.78, 5) is 35.0. The Morgan fingerprint density at radius 3 is 2.28 bits per heavy atom. The second-order valence-electron chi connectivity index (χ2n) is 11.3. The molecule has 2 aromatic rings. The smallest absolute Gasteiger partial charge is 0.335 e. The van der Waals surface area contributed by atoms with Gasteiger partial charge < -0.3 is 40.3 Å². The molecule has 1 aliphatic heterocycles. The van der Waals surface area contributed by atoms with Gasteiger partial charge in [-0.3, -0.25) is 4.79 Å². The van der Waals surface area contributed by atoms with Crippen molar-refractivity contribution in [3.63, 3.8) is 0 Å². The molecule has 3 aliphatic rings. The Morgan fingerprint density at radius 2 is 1.72 bits per heavy atom. The van der Waals surface area contributed by atoms with E-state index in [1.165, 1.54) is 22.0 Å². The van der Waals surface area contributed by atoms with Crippen LogP contribution in [0.4, 0.5) is 0 Å². The summed E-state index contributed by atoms with van der Waals surface area (Å²) in [5.74, 6) is -3.04. The van der Waals surface area contributed by atoms with Gasteiger partial charge in [0.05, 0.1) is 18.1 Å². The zero-order valence-electron chi connectivity index (χ0n) is 22.5. The second kappa shape index (κ2) is 11.6. The van der Waals surface area contributed by atoms with Crippen molar-refractivity contribution in [2.45, 2.75) is 88.3 Å². The first-order chi connectivity index (χ1) is 18.4. The van der Waals surface area contributed by atoms with Crippen LogP contribution in [0.5, 0.6) is 0 Å². The molecule has 2 heterocycles. The Hall–Kier alpha value is -2.99. The predicted octanol–water partition coefficient (Wildman–Crippen LogP) is 1.09. The molecule has 5 rings (SSSR count). The molecule has 11 heteroatoms. The van der Waals surface area contributed by atoms with Gasteiger partial charge in [-0.25, -0.2) is 9.59 Å². The highest BCUT2D eigenvalue weighted by Gasteiger charge is 2.42. The number of aliphatic hydroxyl groups is 3. The fraction of sp³-hybridized carbons (Fsp3) is 0.607. The number of carbonyl (C=O) groups excluding carboxylic acids is 1. The van der Waals surface area contributed by atoms with Gasteiger partial charge >= 0.3 is 11.9 Å². The minimum absolute atomic E-state index is 0.0157. The van der Waals surface area contributed by atoms with Crippen LogP contribution in [0.25, 0.3) is 10.9 Å². The number of nitrogens with zero attached hydrogens (tertiary/aromatic N) is 2. The first kappa shape index (κ1) is 29.0. The molecule has 0 bridgehead atoms. The summed E-state index contributed by atoms with van der Waals surface area (Å²) in [7, 11) is 2.17. The third kappa shape index (κ3) is 5.81. The third-order valence-electron chi connectivity index (χ3n) is 8.41. The standard InChI is InChI=1S/C24H33N3O2.C4H6O6/c1-14(2)27-13-15-11-21-18(17-6-4-8-20(27)23(15)17)10-16(12-26(21)3)24(29)25-19-7-5-9-22(19)28;5-1(3(7)8)2(6)4(9)10/h4,6,8,13-14,16,18-19,21-22,28H,5,7,9-12H2,1-3H3,(H,25,29);1-2,5-6H,(H,7,8)(H,9,10)/t16?,18?,19?,21-,22?;/m1./s1. The number of carbonyl (C=O) groups is 3. The minimum atomic E-state index is -2.27. The van der Waals surface area contributed by atoms with Crippen molar-refractivity contribution in [1.29, 1.82) is 0 Å². The van der Waals surface area contributed by atoms with Gasteiger partial charge in [-0.15, -0.1) is 0 Å². The first-order valence-corrected chi connectivity index (χ1v) is 13.5. The van der Waals surface area contributed by atoms with Crippen molar-refractivity contribution in [3.05, 3.63) is 35.5 Å². The van der Waals surface area contributed by atoms with Gasteiger partial charge in [0.2, 0.25) is 5.91 Å². The van der Waals surface area contributed by atoms with Gasteiger partial charge in [-0.1, -0.05) is 12.1 Å². The van der Waals surface area contributed by atoms with E-state index in [-0.39, 0.29) is 24.0 Å². The van der Waals surface area contributed by atoms with Crippen LogP contribution in [-0.2, 0) is 20.8 Å². The summed E-state index contributed by atoms with van der Waals surface area (Å²) in [6, 6.07) is 7.53. The van der Waals surface area contributed by atoms with Gasteiger partial charge in [0, 0.05) is 41.6 Å². The molecule has 7 atom stereocenters. The summed E-state index contributed by atoms with van der Waals surface area (Å²) >= 11 is 0. The molecule has 0 radical (unpaired) electrons. The average molecular weight is 546 g/mol. The Labute approximate surface area is 227 Å². The van der Waals surface area contributed by atoms with Crippen molar-refractivity contribution in [2.24, 2.45) is 5.92 Å². The molecule has 0 spiro atoms. The molecule has 2 aliphatic carbocycles. The van der Waals surface area contributed by atoms with E-state index < -0.39 is 24.1 Å². The highest BCUT2D eigenvalue weighted by atomic mass is 16.4. The second-order valence-corrected chi connectivity index (χ2v) is 11.3. The largest absolute Gasteiger partial charge is 0.479 e. The van der Waals surface area contributed by atoms with Crippen molar-refractivity contribution in [3.8, 4) is 0 Å². The van der Waals surface area contributed by atoms with Crippen molar-refractivity contribution < 1.29 is 39.9 Å². The maximum absolute atomic E-state index is 13.0. The molecule has 2 fully saturated rings. The molecule has 1 aromatic heterocycles. The monoisotopic (exact) mass is 545 g/mol. The molecule has 6 unspecified atom stereocenters. The number of fused-ring (bicyclic) bond motifs is 2. The minimum Gasteiger partial charge on any atom is -0.479 e. The number of carboxylic acids is 2. The van der Waals surface area contributed by atoms with Crippen LogP contribution in [0.2, 0.25) is 0 Å². The molecule has 39 heavy (non-hydrogen) atoms. The summed E-state index contributed by atoms with van der Waals surface area (Å²) in [6.07, 6.45) is 2.09. The number of nitrogens with one attached hydrogen (secondary N) is 1. The Bertz CT molecular complexity index is 1210. The Balaban J connectivity index is 0.000000303. The van der Waals surface area contributed by atoms with Gasteiger partial charge in [-0.2, -0.15) is 0 Å². The van der Waals surface area contributed by atoms with Crippen molar-refractivity contribution in [2.75, 3.05) is 13.6 Å². The number of hydrogen-bond donors (Lipinski definition) is 6. The van der Waals surface area contributed by atoms with Crippen molar-refractivity contribution >= 4 is 28.7 Å². The zero-order chi connectivity index (χ0) is 28.6. The molecule has 6 N–H and O–H groups in total. The van der Waals surface area contributed by atoms with E-state index in [0.717, 1.165) is 38.6 Å². The van der Waals surface area contributed by atoms with E-state index in [0.29, 0.717) is 18.0 Å². The number of aliphatic hydroxyl groups excluding tert-OH is 3. The van der Waals surface area contributed by atoms with Gasteiger partial charge in [0.1, 0.15) is 0 Å². The van der Waals surface area contributed by atoms with E-state index in [1.807, 2.05) is 0 Å². The van der Waals surface area contributed by atoms with E-state index in [4.69, 9.17) is 20.4 Å². The first-order valence-electron chi connectivity index (χ1n) is 13.5. The van der Waals surface area contributed by atoms with Gasteiger partial charge in [0.25, 0.3) is 0 Å². The van der Waals surface area contributed by atoms with E-state index in [1.54, 1.807) is 0 Å². The molecule has 214 valence electrons. The SMILES string of the molecule is CC(C)n1cc2c3c(cccc31)C1CC(C(=O)NC3CCCC3O)CN(C)[C@@H]1C2.O=C(O)C(O)C(O)C(=O)O. The highest BCUT2D eigenvalue weighted by Crippen LogP contribution is 2.45. The van der Waals surface area contributed by atoms with Crippen LogP contribution in [-0.4, -0.2) is 96.8 Å². The normalized spacial score (nSPS) is 27.8. The average Bonchev–Trinajstić information content (AvgIpc) is 3.47. The number of hydrogen-bond acceptors (Lipinski definition) is 7. The number of benzene rings is 1. The van der Waals surface area contributed by atoms with E-state index >= 15 is 0 Å². The van der Waals surface area contributed by atoms with Crippen molar-refractivity contribution in [1.82, 2.24) is 14.8 Å². The predicted molar refractivity (Wildman–Crippen MR) is 142 cm³/mol. The number of piperidine rings is 1. The van der Waals surface area contributed by atoms with Crippen LogP contribution in [0.3, 0.4) is 0 Å². The highest BCUT2D eigenvalue weighted by molar-refractivity contribution is 5.89. The van der Waals surface area contributed by atoms with E-state index in [9.17, 15) is 19.5 Å². The zero-order valence-corrected chi connectivity index (χ0v) is 22.5. The molecule has 11 nitrogen and oxygen atoms in total. The number of amides is 1. The number of likely N-dealkylation sites (tertiary alicyclic amines) is 1. The van der Waals surface area contributed by atoms with Crippen LogP contribution in [0.15, 0.2) is 24.4 Å². The number of carboxylic acid groups (broad SMARTS) is 2. The molecular formula is C28H39N3O8.